The summed E-state index contributed by atoms with van der Waals surface area (Å²) in [4.78, 5) is 36.0. The number of hydrogen-bond acceptors (Lipinski definition) is 4. The molecule has 1 unspecified atom stereocenters. The van der Waals surface area contributed by atoms with Gasteiger partial charge in [0.15, 0.2) is 0 Å². The molecule has 112 valence electrons. The molecule has 1 atom stereocenters. The van der Waals surface area contributed by atoms with Crippen molar-refractivity contribution in [3.8, 4) is 0 Å². The number of nitrogens with zero attached hydrogens (tertiary/aromatic N) is 1. The molecule has 2 amide bonds. The van der Waals surface area contributed by atoms with E-state index < -0.39 is 23.7 Å². The summed E-state index contributed by atoms with van der Waals surface area (Å²) in [7, 11) is 0. The number of benzene rings is 1. The zero-order valence-corrected chi connectivity index (χ0v) is 11.5. The SMILES string of the molecule is CCOC(=O)C(=O)NC1CC(=O)N(c2cccc(F)c2)C1. The molecule has 1 aromatic carbocycles. The Balaban J connectivity index is 2.00. The fourth-order valence-corrected chi connectivity index (χ4v) is 2.14. The largest absolute Gasteiger partial charge is 0.459 e. The van der Waals surface area contributed by atoms with Gasteiger partial charge in [0.2, 0.25) is 5.91 Å². The molecule has 0 spiro atoms. The first-order valence-electron chi connectivity index (χ1n) is 6.54. The van der Waals surface area contributed by atoms with Gasteiger partial charge in [-0.25, -0.2) is 9.18 Å². The van der Waals surface area contributed by atoms with Gasteiger partial charge in [-0.2, -0.15) is 0 Å². The standard InChI is InChI=1S/C14H15FN2O4/c1-2-21-14(20)13(19)16-10-7-12(18)17(8-10)11-5-3-4-9(15)6-11/h3-6,10H,2,7-8H2,1H3,(H,16,19). The van der Waals surface area contributed by atoms with E-state index in [2.05, 4.69) is 10.1 Å². The fraction of sp³-hybridized carbons (Fsp3) is 0.357. The summed E-state index contributed by atoms with van der Waals surface area (Å²) in [5.74, 6) is -2.54. The molecule has 0 saturated carbocycles. The number of anilines is 1. The number of carbonyl (C=O) groups is 3. The van der Waals surface area contributed by atoms with E-state index in [1.54, 1.807) is 13.0 Å². The minimum absolute atomic E-state index is 0.0572. The average Bonchev–Trinajstić information content (AvgIpc) is 2.79. The predicted molar refractivity (Wildman–Crippen MR) is 71.9 cm³/mol. The third-order valence-corrected chi connectivity index (χ3v) is 3.04. The van der Waals surface area contributed by atoms with Gasteiger partial charge < -0.3 is 15.0 Å². The number of hydrogen-bond donors (Lipinski definition) is 1. The summed E-state index contributed by atoms with van der Waals surface area (Å²) >= 11 is 0. The molecular weight excluding hydrogens is 279 g/mol. The molecule has 1 fully saturated rings. The van der Waals surface area contributed by atoms with E-state index >= 15 is 0 Å². The normalized spacial score (nSPS) is 17.7. The molecule has 1 N–H and O–H groups in total. The third-order valence-electron chi connectivity index (χ3n) is 3.04. The van der Waals surface area contributed by atoms with E-state index in [0.717, 1.165) is 0 Å². The van der Waals surface area contributed by atoms with Crippen LogP contribution in [0.25, 0.3) is 0 Å². The molecule has 1 aliphatic rings. The van der Waals surface area contributed by atoms with E-state index in [1.807, 2.05) is 0 Å². The topological polar surface area (TPSA) is 75.7 Å². The smallest absolute Gasteiger partial charge is 0.396 e. The lowest BCUT2D eigenvalue weighted by Crippen LogP contribution is -2.41. The van der Waals surface area contributed by atoms with Crippen LogP contribution in [0.5, 0.6) is 0 Å². The minimum Gasteiger partial charge on any atom is -0.459 e. The van der Waals surface area contributed by atoms with Crippen LogP contribution in [-0.2, 0) is 19.1 Å². The molecular formula is C14H15FN2O4. The second kappa shape index (κ2) is 6.34. The molecule has 1 aromatic rings. The van der Waals surface area contributed by atoms with Crippen LogP contribution < -0.4 is 10.2 Å². The molecule has 1 aliphatic heterocycles. The Labute approximate surface area is 120 Å². The molecule has 7 heteroatoms. The summed E-state index contributed by atoms with van der Waals surface area (Å²) in [6.45, 7) is 1.88. The highest BCUT2D eigenvalue weighted by molar-refractivity contribution is 6.32. The summed E-state index contributed by atoms with van der Waals surface area (Å²) in [6.07, 6.45) is 0.0572. The zero-order chi connectivity index (χ0) is 15.4. The first-order valence-corrected chi connectivity index (χ1v) is 6.54. The van der Waals surface area contributed by atoms with Crippen molar-refractivity contribution in [1.82, 2.24) is 5.32 Å². The maximum absolute atomic E-state index is 13.2. The van der Waals surface area contributed by atoms with Crippen LogP contribution in [0.3, 0.4) is 0 Å². The lowest BCUT2D eigenvalue weighted by molar-refractivity contribution is -0.154. The first-order chi connectivity index (χ1) is 10.0. The van der Waals surface area contributed by atoms with Crippen LogP contribution in [0.2, 0.25) is 0 Å². The van der Waals surface area contributed by atoms with Crippen LogP contribution in [0.1, 0.15) is 13.3 Å². The van der Waals surface area contributed by atoms with Crippen LogP contribution >= 0.6 is 0 Å². The van der Waals surface area contributed by atoms with Gasteiger partial charge in [0.05, 0.1) is 12.6 Å². The van der Waals surface area contributed by atoms with Gasteiger partial charge in [-0.05, 0) is 25.1 Å². The van der Waals surface area contributed by atoms with Crippen molar-refractivity contribution in [2.24, 2.45) is 0 Å². The van der Waals surface area contributed by atoms with Gasteiger partial charge in [0, 0.05) is 18.7 Å². The maximum atomic E-state index is 13.2. The van der Waals surface area contributed by atoms with Gasteiger partial charge >= 0.3 is 11.9 Å². The van der Waals surface area contributed by atoms with Crippen molar-refractivity contribution in [2.45, 2.75) is 19.4 Å². The number of rotatable bonds is 3. The van der Waals surface area contributed by atoms with E-state index in [1.165, 1.54) is 23.1 Å². The average molecular weight is 294 g/mol. The molecule has 6 nitrogen and oxygen atoms in total. The number of carbonyl (C=O) groups excluding carboxylic acids is 3. The second-order valence-corrected chi connectivity index (χ2v) is 4.58. The number of halogens is 1. The van der Waals surface area contributed by atoms with Crippen molar-refractivity contribution < 1.29 is 23.5 Å². The Hall–Kier alpha value is -2.44. The lowest BCUT2D eigenvalue weighted by atomic mass is 10.2. The fourth-order valence-electron chi connectivity index (χ4n) is 2.14. The molecule has 0 bridgehead atoms. The first kappa shape index (κ1) is 15.0. The molecule has 0 aromatic heterocycles. The Morgan fingerprint density at radius 3 is 2.90 bits per heavy atom. The van der Waals surface area contributed by atoms with Crippen LogP contribution in [0.15, 0.2) is 24.3 Å². The third kappa shape index (κ3) is 3.56. The highest BCUT2D eigenvalue weighted by Crippen LogP contribution is 2.22. The van der Waals surface area contributed by atoms with Crippen molar-refractivity contribution in [1.29, 1.82) is 0 Å². The maximum Gasteiger partial charge on any atom is 0.396 e. The number of esters is 1. The molecule has 0 radical (unpaired) electrons. The van der Waals surface area contributed by atoms with Gasteiger partial charge in [0.25, 0.3) is 0 Å². The van der Waals surface area contributed by atoms with Crippen molar-refractivity contribution in [3.63, 3.8) is 0 Å². The van der Waals surface area contributed by atoms with Crippen LogP contribution in [0, 0.1) is 5.82 Å². The molecule has 21 heavy (non-hydrogen) atoms. The summed E-state index contributed by atoms with van der Waals surface area (Å²) in [5.41, 5.74) is 0.424. The Kier molecular flexibility index (Phi) is 4.52. The summed E-state index contributed by atoms with van der Waals surface area (Å²) in [5, 5.41) is 2.44. The minimum atomic E-state index is -0.978. The van der Waals surface area contributed by atoms with Gasteiger partial charge in [0.1, 0.15) is 5.82 Å². The van der Waals surface area contributed by atoms with Crippen LogP contribution in [-0.4, -0.2) is 37.0 Å². The van der Waals surface area contributed by atoms with E-state index in [4.69, 9.17) is 0 Å². The van der Waals surface area contributed by atoms with E-state index in [-0.39, 0.29) is 25.5 Å². The number of ether oxygens (including phenoxy) is 1. The van der Waals surface area contributed by atoms with E-state index in [9.17, 15) is 18.8 Å². The predicted octanol–water partition coefficient (Wildman–Crippen LogP) is 0.610. The highest BCUT2D eigenvalue weighted by Gasteiger charge is 2.33. The highest BCUT2D eigenvalue weighted by atomic mass is 19.1. The van der Waals surface area contributed by atoms with Gasteiger partial charge in [-0.1, -0.05) is 6.07 Å². The quantitative estimate of drug-likeness (QED) is 0.654. The second-order valence-electron chi connectivity index (χ2n) is 4.58. The molecule has 1 heterocycles. The van der Waals surface area contributed by atoms with Gasteiger partial charge in [-0.15, -0.1) is 0 Å². The molecule has 1 saturated heterocycles. The Morgan fingerprint density at radius 1 is 1.48 bits per heavy atom. The van der Waals surface area contributed by atoms with Crippen LogP contribution in [0.4, 0.5) is 10.1 Å². The molecule has 2 rings (SSSR count). The monoisotopic (exact) mass is 294 g/mol. The number of amides is 2. The summed E-state index contributed by atoms with van der Waals surface area (Å²) in [6, 6.07) is 5.13. The number of nitrogens with one attached hydrogen (secondary N) is 1. The Bertz CT molecular complexity index is 576. The Morgan fingerprint density at radius 2 is 2.24 bits per heavy atom. The summed E-state index contributed by atoms with van der Waals surface area (Å²) < 4.78 is 17.7. The zero-order valence-electron chi connectivity index (χ0n) is 11.5. The van der Waals surface area contributed by atoms with E-state index in [0.29, 0.717) is 5.69 Å². The van der Waals surface area contributed by atoms with Gasteiger partial charge in [-0.3, -0.25) is 9.59 Å². The lowest BCUT2D eigenvalue weighted by Gasteiger charge is -2.17. The van der Waals surface area contributed by atoms with Crippen molar-refractivity contribution >= 4 is 23.5 Å². The molecule has 0 aliphatic carbocycles. The van der Waals surface area contributed by atoms with Crippen molar-refractivity contribution in [3.05, 3.63) is 30.1 Å². The van der Waals surface area contributed by atoms with Crippen molar-refractivity contribution in [2.75, 3.05) is 18.1 Å².